The predicted molar refractivity (Wildman–Crippen MR) is 64.8 cm³/mol. The molecular formula is C13H12F3N3. The summed E-state index contributed by atoms with van der Waals surface area (Å²) >= 11 is 0. The molecular weight excluding hydrogens is 255 g/mol. The second kappa shape index (κ2) is 5.38. The Kier molecular flexibility index (Phi) is 3.82. The van der Waals surface area contributed by atoms with Crippen LogP contribution in [0.15, 0.2) is 48.8 Å². The van der Waals surface area contributed by atoms with Crippen LogP contribution >= 0.6 is 0 Å². The van der Waals surface area contributed by atoms with Gasteiger partial charge in [0, 0.05) is 12.4 Å². The predicted octanol–water partition coefficient (Wildman–Crippen LogP) is 2.65. The van der Waals surface area contributed by atoms with E-state index in [1.807, 2.05) is 0 Å². The fraction of sp³-hybridized carbons (Fsp3) is 0.154. The standard InChI is InChI=1S/C13H12F3N3/c14-13(15,16)11-3-1-9(2-4-11)12(19-17)10-5-7-18-8-6-10/h1-8,12,19H,17H2. The lowest BCUT2D eigenvalue weighted by Gasteiger charge is -2.17. The van der Waals surface area contributed by atoms with Crippen molar-refractivity contribution in [1.82, 2.24) is 10.4 Å². The molecule has 0 radical (unpaired) electrons. The van der Waals surface area contributed by atoms with E-state index in [4.69, 9.17) is 5.84 Å². The molecule has 3 N–H and O–H groups in total. The third-order valence-corrected chi connectivity index (χ3v) is 2.78. The molecule has 2 aromatic rings. The molecule has 19 heavy (non-hydrogen) atoms. The average molecular weight is 267 g/mol. The molecule has 0 saturated heterocycles. The summed E-state index contributed by atoms with van der Waals surface area (Å²) in [5.41, 5.74) is 3.39. The van der Waals surface area contributed by atoms with Crippen LogP contribution in [0.5, 0.6) is 0 Å². The number of alkyl halides is 3. The van der Waals surface area contributed by atoms with Crippen molar-refractivity contribution >= 4 is 0 Å². The Labute approximate surface area is 108 Å². The monoisotopic (exact) mass is 267 g/mol. The minimum atomic E-state index is -4.33. The van der Waals surface area contributed by atoms with E-state index in [2.05, 4.69) is 10.4 Å². The Morgan fingerprint density at radius 3 is 1.95 bits per heavy atom. The SMILES string of the molecule is NNC(c1ccncc1)c1ccc(C(F)(F)F)cc1. The first-order valence-corrected chi connectivity index (χ1v) is 5.55. The molecule has 2 rings (SSSR count). The first kappa shape index (κ1) is 13.5. The highest BCUT2D eigenvalue weighted by Gasteiger charge is 2.30. The molecule has 1 aromatic heterocycles. The lowest BCUT2D eigenvalue weighted by molar-refractivity contribution is -0.137. The van der Waals surface area contributed by atoms with Crippen molar-refractivity contribution in [2.75, 3.05) is 0 Å². The summed E-state index contributed by atoms with van der Waals surface area (Å²) in [4.78, 5) is 3.88. The largest absolute Gasteiger partial charge is 0.416 e. The van der Waals surface area contributed by atoms with Crippen molar-refractivity contribution in [3.05, 3.63) is 65.5 Å². The van der Waals surface area contributed by atoms with Gasteiger partial charge in [-0.2, -0.15) is 13.2 Å². The molecule has 0 fully saturated rings. The second-order valence-corrected chi connectivity index (χ2v) is 4.00. The van der Waals surface area contributed by atoms with Crippen molar-refractivity contribution in [1.29, 1.82) is 0 Å². The highest BCUT2D eigenvalue weighted by Crippen LogP contribution is 2.30. The molecule has 1 aromatic carbocycles. The zero-order valence-corrected chi connectivity index (χ0v) is 9.85. The fourth-order valence-corrected chi connectivity index (χ4v) is 1.81. The van der Waals surface area contributed by atoms with Crippen molar-refractivity contribution in [2.24, 2.45) is 5.84 Å². The van der Waals surface area contributed by atoms with Crippen LogP contribution in [0.3, 0.4) is 0 Å². The zero-order chi connectivity index (χ0) is 13.9. The first-order valence-electron chi connectivity index (χ1n) is 5.55. The van der Waals surface area contributed by atoms with Crippen LogP contribution in [0.1, 0.15) is 22.7 Å². The number of nitrogens with zero attached hydrogens (tertiary/aromatic N) is 1. The Morgan fingerprint density at radius 2 is 1.47 bits per heavy atom. The number of halogens is 3. The average Bonchev–Trinajstić information content (AvgIpc) is 2.40. The second-order valence-electron chi connectivity index (χ2n) is 4.00. The third-order valence-electron chi connectivity index (χ3n) is 2.78. The lowest BCUT2D eigenvalue weighted by Crippen LogP contribution is -2.28. The van der Waals surface area contributed by atoms with Crippen LogP contribution in [0.2, 0.25) is 0 Å². The van der Waals surface area contributed by atoms with E-state index in [-0.39, 0.29) is 6.04 Å². The van der Waals surface area contributed by atoms with Gasteiger partial charge in [0.1, 0.15) is 0 Å². The highest BCUT2D eigenvalue weighted by molar-refractivity contribution is 5.33. The topological polar surface area (TPSA) is 50.9 Å². The Hall–Kier alpha value is -1.92. The fourth-order valence-electron chi connectivity index (χ4n) is 1.81. The molecule has 3 nitrogen and oxygen atoms in total. The smallest absolute Gasteiger partial charge is 0.271 e. The van der Waals surface area contributed by atoms with Gasteiger partial charge in [0.05, 0.1) is 11.6 Å². The van der Waals surface area contributed by atoms with E-state index in [9.17, 15) is 13.2 Å². The maximum absolute atomic E-state index is 12.5. The number of hydrazine groups is 1. The third kappa shape index (κ3) is 3.10. The number of rotatable bonds is 3. The summed E-state index contributed by atoms with van der Waals surface area (Å²) < 4.78 is 37.4. The van der Waals surface area contributed by atoms with Crippen LogP contribution in [-0.4, -0.2) is 4.98 Å². The summed E-state index contributed by atoms with van der Waals surface area (Å²) in [6.07, 6.45) is -1.13. The number of hydrogen-bond donors (Lipinski definition) is 2. The number of aromatic nitrogens is 1. The van der Waals surface area contributed by atoms with Gasteiger partial charge in [-0.25, -0.2) is 5.43 Å². The van der Waals surface area contributed by atoms with Gasteiger partial charge >= 0.3 is 6.18 Å². The van der Waals surface area contributed by atoms with Crippen LogP contribution in [0.4, 0.5) is 13.2 Å². The van der Waals surface area contributed by atoms with E-state index in [0.29, 0.717) is 5.56 Å². The van der Waals surface area contributed by atoms with Gasteiger partial charge < -0.3 is 0 Å². The number of nitrogens with two attached hydrogens (primary N) is 1. The Balaban J connectivity index is 2.30. The molecule has 0 bridgehead atoms. The van der Waals surface area contributed by atoms with Crippen LogP contribution < -0.4 is 11.3 Å². The van der Waals surface area contributed by atoms with Crippen LogP contribution in [-0.2, 0) is 6.18 Å². The van der Waals surface area contributed by atoms with E-state index in [0.717, 1.165) is 17.7 Å². The van der Waals surface area contributed by atoms with Gasteiger partial charge in [0.25, 0.3) is 0 Å². The summed E-state index contributed by atoms with van der Waals surface area (Å²) in [7, 11) is 0. The molecule has 0 amide bonds. The van der Waals surface area contributed by atoms with Crippen molar-refractivity contribution in [2.45, 2.75) is 12.2 Å². The van der Waals surface area contributed by atoms with Gasteiger partial charge in [0.15, 0.2) is 0 Å². The normalized spacial score (nSPS) is 13.3. The van der Waals surface area contributed by atoms with Gasteiger partial charge in [-0.15, -0.1) is 0 Å². The van der Waals surface area contributed by atoms with Crippen molar-refractivity contribution < 1.29 is 13.2 Å². The van der Waals surface area contributed by atoms with Crippen molar-refractivity contribution in [3.63, 3.8) is 0 Å². The first-order chi connectivity index (χ1) is 9.02. The number of nitrogens with one attached hydrogen (secondary N) is 1. The summed E-state index contributed by atoms with van der Waals surface area (Å²) in [5, 5.41) is 0. The minimum Gasteiger partial charge on any atom is -0.271 e. The molecule has 6 heteroatoms. The molecule has 1 atom stereocenters. The van der Waals surface area contributed by atoms with E-state index >= 15 is 0 Å². The molecule has 100 valence electrons. The van der Waals surface area contributed by atoms with Gasteiger partial charge in [0.2, 0.25) is 0 Å². The van der Waals surface area contributed by atoms with E-state index in [1.54, 1.807) is 24.5 Å². The van der Waals surface area contributed by atoms with E-state index < -0.39 is 11.7 Å². The summed E-state index contributed by atoms with van der Waals surface area (Å²) in [5.74, 6) is 5.47. The number of pyridine rings is 1. The minimum absolute atomic E-state index is 0.370. The maximum Gasteiger partial charge on any atom is 0.416 e. The zero-order valence-electron chi connectivity index (χ0n) is 9.85. The van der Waals surface area contributed by atoms with Crippen LogP contribution in [0.25, 0.3) is 0 Å². The lowest BCUT2D eigenvalue weighted by atomic mass is 9.99. The van der Waals surface area contributed by atoms with Gasteiger partial charge in [-0.3, -0.25) is 10.8 Å². The molecule has 0 aliphatic carbocycles. The Morgan fingerprint density at radius 1 is 0.947 bits per heavy atom. The number of hydrogen-bond acceptors (Lipinski definition) is 3. The summed E-state index contributed by atoms with van der Waals surface area (Å²) in [6.45, 7) is 0. The van der Waals surface area contributed by atoms with E-state index in [1.165, 1.54) is 12.1 Å². The summed E-state index contributed by atoms with van der Waals surface area (Å²) in [6, 6.07) is 8.04. The quantitative estimate of drug-likeness (QED) is 0.664. The maximum atomic E-state index is 12.5. The highest BCUT2D eigenvalue weighted by atomic mass is 19.4. The van der Waals surface area contributed by atoms with Crippen molar-refractivity contribution in [3.8, 4) is 0 Å². The Bertz CT molecular complexity index is 523. The molecule has 0 spiro atoms. The molecule has 1 unspecified atom stereocenters. The van der Waals surface area contributed by atoms with Gasteiger partial charge in [-0.1, -0.05) is 12.1 Å². The molecule has 1 heterocycles. The number of benzene rings is 1. The van der Waals surface area contributed by atoms with Gasteiger partial charge in [-0.05, 0) is 35.4 Å². The molecule has 0 aliphatic rings. The molecule has 0 aliphatic heterocycles. The molecule has 0 saturated carbocycles. The van der Waals surface area contributed by atoms with Crippen LogP contribution in [0, 0.1) is 0 Å².